The fourth-order valence-corrected chi connectivity index (χ4v) is 2.38. The SMILES string of the molecule is C#CCC(NC(=O)N(C)C1CCCCCC1)C(=O)O. The zero-order valence-corrected chi connectivity index (χ0v) is 11.4. The van der Waals surface area contributed by atoms with Gasteiger partial charge in [0.2, 0.25) is 0 Å². The first-order valence-electron chi connectivity index (χ1n) is 6.76. The minimum atomic E-state index is -1.10. The van der Waals surface area contributed by atoms with Crippen molar-refractivity contribution >= 4 is 12.0 Å². The third kappa shape index (κ3) is 4.82. The molecule has 1 aliphatic carbocycles. The van der Waals surface area contributed by atoms with Gasteiger partial charge in [-0.3, -0.25) is 0 Å². The highest BCUT2D eigenvalue weighted by Gasteiger charge is 2.25. The monoisotopic (exact) mass is 266 g/mol. The molecule has 2 amide bonds. The number of carbonyl (C=O) groups is 2. The average Bonchev–Trinajstić information content (AvgIpc) is 2.65. The van der Waals surface area contributed by atoms with E-state index in [1.54, 1.807) is 11.9 Å². The van der Waals surface area contributed by atoms with Gasteiger partial charge in [-0.05, 0) is 12.8 Å². The van der Waals surface area contributed by atoms with Gasteiger partial charge >= 0.3 is 12.0 Å². The first-order valence-corrected chi connectivity index (χ1v) is 6.76. The predicted octanol–water partition coefficient (Wildman–Crippen LogP) is 1.83. The van der Waals surface area contributed by atoms with Crippen LogP contribution in [-0.4, -0.2) is 41.1 Å². The number of urea groups is 1. The molecule has 5 nitrogen and oxygen atoms in total. The standard InChI is InChI=1S/C14H22N2O3/c1-3-8-12(13(17)18)15-14(19)16(2)11-9-6-4-5-7-10-11/h1,11-12H,4-10H2,2H3,(H,15,19)(H,17,18). The predicted molar refractivity (Wildman–Crippen MR) is 72.7 cm³/mol. The van der Waals surface area contributed by atoms with Crippen LogP contribution in [0.3, 0.4) is 0 Å². The van der Waals surface area contributed by atoms with Crippen molar-refractivity contribution in [1.29, 1.82) is 0 Å². The molecule has 1 fully saturated rings. The molecule has 0 aromatic rings. The summed E-state index contributed by atoms with van der Waals surface area (Å²) in [6, 6.07) is -1.16. The second-order valence-electron chi connectivity index (χ2n) is 5.00. The van der Waals surface area contributed by atoms with Crippen molar-refractivity contribution in [2.45, 2.75) is 57.0 Å². The Hall–Kier alpha value is -1.70. The number of hydrogen-bond acceptors (Lipinski definition) is 2. The van der Waals surface area contributed by atoms with E-state index < -0.39 is 12.0 Å². The van der Waals surface area contributed by atoms with E-state index >= 15 is 0 Å². The van der Waals surface area contributed by atoms with Gasteiger partial charge in [-0.1, -0.05) is 25.7 Å². The lowest BCUT2D eigenvalue weighted by atomic mass is 10.1. The highest BCUT2D eigenvalue weighted by molar-refractivity contribution is 5.82. The van der Waals surface area contributed by atoms with Gasteiger partial charge in [-0.25, -0.2) is 9.59 Å². The Morgan fingerprint density at radius 1 is 1.37 bits per heavy atom. The van der Waals surface area contributed by atoms with Crippen molar-refractivity contribution in [2.24, 2.45) is 0 Å². The van der Waals surface area contributed by atoms with Crippen LogP contribution in [0.25, 0.3) is 0 Å². The molecule has 0 saturated heterocycles. The Morgan fingerprint density at radius 3 is 2.42 bits per heavy atom. The Balaban J connectivity index is 2.55. The largest absolute Gasteiger partial charge is 0.480 e. The van der Waals surface area contributed by atoms with Crippen LogP contribution in [0.15, 0.2) is 0 Å². The molecule has 0 heterocycles. The molecule has 2 N–H and O–H groups in total. The maximum atomic E-state index is 12.0. The van der Waals surface area contributed by atoms with E-state index in [4.69, 9.17) is 11.5 Å². The summed E-state index contributed by atoms with van der Waals surface area (Å²) >= 11 is 0. The van der Waals surface area contributed by atoms with Gasteiger partial charge in [0.25, 0.3) is 0 Å². The van der Waals surface area contributed by atoms with Crippen LogP contribution in [0.2, 0.25) is 0 Å². The van der Waals surface area contributed by atoms with E-state index in [1.165, 1.54) is 12.8 Å². The molecule has 0 radical (unpaired) electrons. The number of nitrogens with zero attached hydrogens (tertiary/aromatic N) is 1. The molecular weight excluding hydrogens is 244 g/mol. The minimum absolute atomic E-state index is 0.000417. The first kappa shape index (κ1) is 15.4. The van der Waals surface area contributed by atoms with Gasteiger partial charge in [-0.15, -0.1) is 12.3 Å². The summed E-state index contributed by atoms with van der Waals surface area (Å²) in [7, 11) is 1.72. The van der Waals surface area contributed by atoms with Crippen molar-refractivity contribution in [3.63, 3.8) is 0 Å². The van der Waals surface area contributed by atoms with E-state index in [9.17, 15) is 9.59 Å². The summed E-state index contributed by atoms with van der Waals surface area (Å²) in [4.78, 5) is 24.6. The molecule has 106 valence electrons. The van der Waals surface area contributed by atoms with Crippen molar-refractivity contribution in [3.05, 3.63) is 0 Å². The number of terminal acetylenes is 1. The Kier molecular flexibility index (Phi) is 6.20. The van der Waals surface area contributed by atoms with Crippen molar-refractivity contribution in [1.82, 2.24) is 10.2 Å². The zero-order valence-electron chi connectivity index (χ0n) is 11.4. The van der Waals surface area contributed by atoms with Crippen molar-refractivity contribution in [3.8, 4) is 12.3 Å². The van der Waals surface area contributed by atoms with Crippen LogP contribution in [-0.2, 0) is 4.79 Å². The molecule has 5 heteroatoms. The van der Waals surface area contributed by atoms with Crippen LogP contribution in [0, 0.1) is 12.3 Å². The second kappa shape index (κ2) is 7.67. The summed E-state index contributed by atoms with van der Waals surface area (Å²) in [6.45, 7) is 0. The summed E-state index contributed by atoms with van der Waals surface area (Å²) in [5.41, 5.74) is 0. The van der Waals surface area contributed by atoms with E-state index in [0.29, 0.717) is 0 Å². The van der Waals surface area contributed by atoms with Gasteiger partial charge in [0.05, 0.1) is 0 Å². The summed E-state index contributed by atoms with van der Waals surface area (Å²) in [5, 5.41) is 11.4. The lowest BCUT2D eigenvalue weighted by molar-refractivity contribution is -0.139. The Bertz CT molecular complexity index is 354. The lowest BCUT2D eigenvalue weighted by Crippen LogP contribution is -2.49. The molecule has 19 heavy (non-hydrogen) atoms. The van der Waals surface area contributed by atoms with Crippen molar-refractivity contribution < 1.29 is 14.7 Å². The van der Waals surface area contributed by atoms with Crippen LogP contribution in [0.4, 0.5) is 4.79 Å². The smallest absolute Gasteiger partial charge is 0.327 e. The molecule has 1 saturated carbocycles. The number of rotatable bonds is 4. The molecule has 1 atom stereocenters. The molecule has 0 aromatic carbocycles. The first-order chi connectivity index (χ1) is 9.06. The minimum Gasteiger partial charge on any atom is -0.480 e. The van der Waals surface area contributed by atoms with Gasteiger partial charge < -0.3 is 15.3 Å². The molecule has 1 aliphatic rings. The lowest BCUT2D eigenvalue weighted by Gasteiger charge is -2.28. The molecule has 0 spiro atoms. The van der Waals surface area contributed by atoms with E-state index in [2.05, 4.69) is 11.2 Å². The third-order valence-electron chi connectivity index (χ3n) is 3.61. The molecular formula is C14H22N2O3. The Morgan fingerprint density at radius 2 is 1.95 bits per heavy atom. The number of amides is 2. The highest BCUT2D eigenvalue weighted by atomic mass is 16.4. The van der Waals surface area contributed by atoms with Gasteiger partial charge in [-0.2, -0.15) is 0 Å². The number of nitrogens with one attached hydrogen (secondary N) is 1. The summed E-state index contributed by atoms with van der Waals surface area (Å²) in [5.74, 6) is 1.17. The van der Waals surface area contributed by atoms with Crippen LogP contribution in [0.5, 0.6) is 0 Å². The molecule has 1 unspecified atom stereocenters. The quantitative estimate of drug-likeness (QED) is 0.602. The molecule has 0 aromatic heterocycles. The molecule has 0 aliphatic heterocycles. The van der Waals surface area contributed by atoms with Crippen LogP contribution < -0.4 is 5.32 Å². The van der Waals surface area contributed by atoms with E-state index in [-0.39, 0.29) is 18.5 Å². The van der Waals surface area contributed by atoms with E-state index in [1.807, 2.05) is 0 Å². The topological polar surface area (TPSA) is 69.6 Å². The number of hydrogen-bond donors (Lipinski definition) is 2. The molecule has 0 bridgehead atoms. The highest BCUT2D eigenvalue weighted by Crippen LogP contribution is 2.21. The van der Waals surface area contributed by atoms with Gasteiger partial charge in [0.15, 0.2) is 0 Å². The molecule has 1 rings (SSSR count). The fourth-order valence-electron chi connectivity index (χ4n) is 2.38. The van der Waals surface area contributed by atoms with Crippen LogP contribution >= 0.6 is 0 Å². The number of aliphatic carboxylic acids is 1. The third-order valence-corrected chi connectivity index (χ3v) is 3.61. The van der Waals surface area contributed by atoms with E-state index in [0.717, 1.165) is 25.7 Å². The van der Waals surface area contributed by atoms with Gasteiger partial charge in [0, 0.05) is 19.5 Å². The average molecular weight is 266 g/mol. The normalized spacial score (nSPS) is 17.9. The second-order valence-corrected chi connectivity index (χ2v) is 5.00. The summed E-state index contributed by atoms with van der Waals surface area (Å²) in [6.07, 6.45) is 11.7. The maximum Gasteiger partial charge on any atom is 0.327 e. The summed E-state index contributed by atoms with van der Waals surface area (Å²) < 4.78 is 0. The van der Waals surface area contributed by atoms with Crippen LogP contribution in [0.1, 0.15) is 44.9 Å². The van der Waals surface area contributed by atoms with Crippen molar-refractivity contribution in [2.75, 3.05) is 7.05 Å². The number of carbonyl (C=O) groups excluding carboxylic acids is 1. The number of carboxylic acid groups (broad SMARTS) is 1. The zero-order chi connectivity index (χ0) is 14.3. The number of carboxylic acids is 1. The maximum absolute atomic E-state index is 12.0. The van der Waals surface area contributed by atoms with Gasteiger partial charge in [0.1, 0.15) is 6.04 Å². The Labute approximate surface area is 114 Å². The fraction of sp³-hybridized carbons (Fsp3) is 0.714.